The summed E-state index contributed by atoms with van der Waals surface area (Å²) in [5.41, 5.74) is -0.458. The molecule has 6 nitrogen and oxygen atoms in total. The minimum atomic E-state index is -0.458. The van der Waals surface area contributed by atoms with Gasteiger partial charge in [-0.05, 0) is 40.0 Å². The fourth-order valence-electron chi connectivity index (χ4n) is 3.32. The van der Waals surface area contributed by atoms with E-state index in [9.17, 15) is 9.59 Å². The lowest BCUT2D eigenvalue weighted by Gasteiger charge is -2.37. The third-order valence-electron chi connectivity index (χ3n) is 4.61. The van der Waals surface area contributed by atoms with Gasteiger partial charge < -0.3 is 14.5 Å². The average molecular weight is 309 g/mol. The third-order valence-corrected chi connectivity index (χ3v) is 4.61. The molecule has 0 N–H and O–H groups in total. The summed E-state index contributed by atoms with van der Waals surface area (Å²) in [6.45, 7) is 9.34. The summed E-state index contributed by atoms with van der Waals surface area (Å²) in [5.74, 6) is 0.299. The zero-order chi connectivity index (χ0) is 15.9. The Kier molecular flexibility index (Phi) is 4.05. The molecule has 1 aliphatic carbocycles. The van der Waals surface area contributed by atoms with Crippen molar-refractivity contribution in [2.75, 3.05) is 32.7 Å². The number of rotatable bonds is 2. The molecule has 0 radical (unpaired) electrons. The van der Waals surface area contributed by atoms with Crippen LogP contribution in [0.3, 0.4) is 0 Å². The van der Waals surface area contributed by atoms with Crippen LogP contribution in [-0.2, 0) is 9.53 Å². The molecule has 0 spiro atoms. The van der Waals surface area contributed by atoms with Crippen molar-refractivity contribution in [3.8, 4) is 0 Å². The van der Waals surface area contributed by atoms with Gasteiger partial charge in [-0.1, -0.05) is 0 Å². The van der Waals surface area contributed by atoms with E-state index >= 15 is 0 Å². The van der Waals surface area contributed by atoms with Gasteiger partial charge in [-0.2, -0.15) is 0 Å². The van der Waals surface area contributed by atoms with Crippen LogP contribution in [-0.4, -0.2) is 77.1 Å². The fourth-order valence-corrected chi connectivity index (χ4v) is 3.32. The Morgan fingerprint density at radius 1 is 1.05 bits per heavy atom. The number of hydrogen-bond acceptors (Lipinski definition) is 4. The van der Waals surface area contributed by atoms with Gasteiger partial charge in [-0.3, -0.25) is 9.69 Å². The minimum absolute atomic E-state index is 0.0291. The molecule has 3 aliphatic rings. The second-order valence-corrected chi connectivity index (χ2v) is 7.57. The van der Waals surface area contributed by atoms with E-state index in [1.807, 2.05) is 20.8 Å². The van der Waals surface area contributed by atoms with Gasteiger partial charge in [-0.25, -0.2) is 4.79 Å². The molecule has 0 aromatic rings. The van der Waals surface area contributed by atoms with Crippen LogP contribution in [0.5, 0.6) is 0 Å². The monoisotopic (exact) mass is 309 g/mol. The van der Waals surface area contributed by atoms with Gasteiger partial charge in [0.2, 0.25) is 5.91 Å². The summed E-state index contributed by atoms with van der Waals surface area (Å²) in [7, 11) is 0. The van der Waals surface area contributed by atoms with Crippen LogP contribution in [0.2, 0.25) is 0 Å². The predicted octanol–water partition coefficient (Wildman–Crippen LogP) is 1.30. The Labute approximate surface area is 132 Å². The van der Waals surface area contributed by atoms with E-state index in [0.717, 1.165) is 26.1 Å². The quantitative estimate of drug-likeness (QED) is 0.771. The third kappa shape index (κ3) is 3.37. The van der Waals surface area contributed by atoms with Gasteiger partial charge in [0.05, 0.1) is 6.04 Å². The van der Waals surface area contributed by atoms with Crippen LogP contribution in [0, 0.1) is 0 Å². The largest absolute Gasteiger partial charge is 0.444 e. The first-order valence-corrected chi connectivity index (χ1v) is 8.37. The van der Waals surface area contributed by atoms with Crippen LogP contribution in [0.1, 0.15) is 40.0 Å². The number of carbonyl (C=O) groups is 2. The van der Waals surface area contributed by atoms with E-state index < -0.39 is 5.60 Å². The minimum Gasteiger partial charge on any atom is -0.444 e. The molecule has 0 aromatic heterocycles. The lowest BCUT2D eigenvalue weighted by molar-refractivity contribution is -0.133. The first kappa shape index (κ1) is 15.6. The first-order chi connectivity index (χ1) is 10.3. The first-order valence-electron chi connectivity index (χ1n) is 8.37. The van der Waals surface area contributed by atoms with Gasteiger partial charge in [0.25, 0.3) is 0 Å². The van der Waals surface area contributed by atoms with Crippen molar-refractivity contribution < 1.29 is 14.3 Å². The molecule has 3 rings (SSSR count). The van der Waals surface area contributed by atoms with E-state index in [1.165, 1.54) is 12.8 Å². The highest BCUT2D eigenvalue weighted by molar-refractivity contribution is 5.84. The van der Waals surface area contributed by atoms with Crippen molar-refractivity contribution in [2.24, 2.45) is 0 Å². The highest BCUT2D eigenvalue weighted by atomic mass is 16.6. The summed E-state index contributed by atoms with van der Waals surface area (Å²) in [5, 5.41) is 0. The van der Waals surface area contributed by atoms with Crippen molar-refractivity contribution in [2.45, 2.75) is 57.7 Å². The van der Waals surface area contributed by atoms with Crippen LogP contribution in [0.15, 0.2) is 0 Å². The lowest BCUT2D eigenvalue weighted by atomic mass is 10.2. The molecule has 3 fully saturated rings. The summed E-state index contributed by atoms with van der Waals surface area (Å²) in [4.78, 5) is 30.6. The van der Waals surface area contributed by atoms with E-state index in [4.69, 9.17) is 4.74 Å². The van der Waals surface area contributed by atoms with E-state index in [1.54, 1.807) is 4.90 Å². The van der Waals surface area contributed by atoms with Crippen molar-refractivity contribution in [3.05, 3.63) is 0 Å². The lowest BCUT2D eigenvalue weighted by Crippen LogP contribution is -2.54. The SMILES string of the molecule is CC(C)(C)OC(=O)N1CCN([C@@H]2CCN(C3CC3)C2=O)CC1. The zero-order valence-corrected chi connectivity index (χ0v) is 13.9. The zero-order valence-electron chi connectivity index (χ0n) is 13.9. The standard InChI is InChI=1S/C16H27N3O3/c1-16(2,3)22-15(21)18-10-8-17(9-11-18)13-6-7-19(14(13)20)12-4-5-12/h12-13H,4-11H2,1-3H3/t13-/m1/s1. The van der Waals surface area contributed by atoms with Gasteiger partial charge >= 0.3 is 6.09 Å². The summed E-state index contributed by atoms with van der Waals surface area (Å²) in [6, 6.07) is 0.543. The molecule has 0 aromatic carbocycles. The number of piperazine rings is 1. The van der Waals surface area contributed by atoms with Crippen molar-refractivity contribution >= 4 is 12.0 Å². The van der Waals surface area contributed by atoms with E-state index in [-0.39, 0.29) is 12.1 Å². The summed E-state index contributed by atoms with van der Waals surface area (Å²) >= 11 is 0. The Morgan fingerprint density at radius 3 is 2.23 bits per heavy atom. The highest BCUT2D eigenvalue weighted by Gasteiger charge is 2.43. The maximum atomic E-state index is 12.5. The molecule has 2 saturated heterocycles. The van der Waals surface area contributed by atoms with Crippen molar-refractivity contribution in [1.82, 2.24) is 14.7 Å². The second-order valence-electron chi connectivity index (χ2n) is 7.57. The second kappa shape index (κ2) is 5.72. The van der Waals surface area contributed by atoms with Gasteiger partial charge in [-0.15, -0.1) is 0 Å². The van der Waals surface area contributed by atoms with Crippen LogP contribution in [0.25, 0.3) is 0 Å². The molecular weight excluding hydrogens is 282 g/mol. The molecule has 1 atom stereocenters. The fraction of sp³-hybridized carbons (Fsp3) is 0.875. The van der Waals surface area contributed by atoms with Crippen LogP contribution >= 0.6 is 0 Å². The Hall–Kier alpha value is -1.30. The van der Waals surface area contributed by atoms with Crippen molar-refractivity contribution in [3.63, 3.8) is 0 Å². The van der Waals surface area contributed by atoms with Gasteiger partial charge in [0, 0.05) is 38.8 Å². The molecular formula is C16H27N3O3. The Bertz CT molecular complexity index is 448. The van der Waals surface area contributed by atoms with E-state index in [2.05, 4.69) is 9.80 Å². The van der Waals surface area contributed by atoms with E-state index in [0.29, 0.717) is 25.0 Å². The highest BCUT2D eigenvalue weighted by Crippen LogP contribution is 2.32. The van der Waals surface area contributed by atoms with Crippen molar-refractivity contribution in [1.29, 1.82) is 0 Å². The van der Waals surface area contributed by atoms with Crippen LogP contribution < -0.4 is 0 Å². The number of ether oxygens (including phenoxy) is 1. The molecule has 0 bridgehead atoms. The Morgan fingerprint density at radius 2 is 1.68 bits per heavy atom. The summed E-state index contributed by atoms with van der Waals surface area (Å²) in [6.07, 6.45) is 3.03. The molecule has 6 heteroatoms. The molecule has 2 heterocycles. The molecule has 22 heavy (non-hydrogen) atoms. The molecule has 2 amide bonds. The molecule has 124 valence electrons. The van der Waals surface area contributed by atoms with Gasteiger partial charge in [0.15, 0.2) is 0 Å². The number of likely N-dealkylation sites (tertiary alicyclic amines) is 1. The van der Waals surface area contributed by atoms with Crippen LogP contribution in [0.4, 0.5) is 4.79 Å². The number of amides is 2. The average Bonchev–Trinajstić information content (AvgIpc) is 3.20. The summed E-state index contributed by atoms with van der Waals surface area (Å²) < 4.78 is 5.41. The molecule has 0 unspecified atom stereocenters. The van der Waals surface area contributed by atoms with Gasteiger partial charge in [0.1, 0.15) is 5.60 Å². The number of hydrogen-bond donors (Lipinski definition) is 0. The normalized spacial score (nSPS) is 27.4. The molecule has 2 aliphatic heterocycles. The Balaban J connectivity index is 1.49. The number of carbonyl (C=O) groups excluding carboxylic acids is 2. The predicted molar refractivity (Wildman–Crippen MR) is 82.5 cm³/mol. The topological polar surface area (TPSA) is 53.1 Å². The number of nitrogens with zero attached hydrogens (tertiary/aromatic N) is 3. The molecule has 1 saturated carbocycles. The maximum absolute atomic E-state index is 12.5. The maximum Gasteiger partial charge on any atom is 0.410 e. The smallest absolute Gasteiger partial charge is 0.410 e.